The van der Waals surface area contributed by atoms with E-state index in [1.54, 1.807) is 0 Å². The van der Waals surface area contributed by atoms with E-state index in [9.17, 15) is 4.79 Å². The largest absolute Gasteiger partial charge is 0.464 e. The van der Waals surface area contributed by atoms with Crippen molar-refractivity contribution in [2.75, 3.05) is 40.3 Å². The van der Waals surface area contributed by atoms with Gasteiger partial charge in [0.15, 0.2) is 0 Å². The summed E-state index contributed by atoms with van der Waals surface area (Å²) in [7, 11) is 4.05. The molecule has 1 N–H and O–H groups in total. The lowest BCUT2D eigenvalue weighted by Gasteiger charge is -2.35. The molecule has 1 aromatic rings. The molecule has 1 amide bonds. The number of hydrogen-bond donors (Lipinski definition) is 1. The molecule has 0 radical (unpaired) electrons. The van der Waals surface area contributed by atoms with Crippen molar-refractivity contribution in [3.8, 4) is 0 Å². The molecule has 5 nitrogen and oxygen atoms in total. The molecule has 5 heteroatoms. The van der Waals surface area contributed by atoms with Crippen LogP contribution in [-0.4, -0.2) is 56.0 Å². The van der Waals surface area contributed by atoms with Crippen molar-refractivity contribution >= 4 is 5.91 Å². The van der Waals surface area contributed by atoms with Crippen molar-refractivity contribution in [2.45, 2.75) is 20.4 Å². The van der Waals surface area contributed by atoms with Gasteiger partial charge in [0, 0.05) is 19.0 Å². The number of nitrogens with zero attached hydrogens (tertiary/aromatic N) is 2. The Bertz CT molecular complexity index is 466. The third-order valence-electron chi connectivity index (χ3n) is 4.18. The predicted molar refractivity (Wildman–Crippen MR) is 82.9 cm³/mol. The minimum atomic E-state index is 0.0736. The zero-order valence-corrected chi connectivity index (χ0v) is 13.6. The average Bonchev–Trinajstić information content (AvgIpc) is 2.76. The van der Waals surface area contributed by atoms with Gasteiger partial charge in [-0.3, -0.25) is 4.79 Å². The zero-order chi connectivity index (χ0) is 15.4. The van der Waals surface area contributed by atoms with E-state index in [2.05, 4.69) is 10.2 Å². The van der Waals surface area contributed by atoms with E-state index in [0.29, 0.717) is 12.5 Å². The molecule has 0 saturated carbocycles. The first-order valence-corrected chi connectivity index (χ1v) is 7.67. The van der Waals surface area contributed by atoms with Gasteiger partial charge in [0.05, 0.1) is 6.54 Å². The van der Waals surface area contributed by atoms with E-state index >= 15 is 0 Å². The Morgan fingerprint density at radius 1 is 1.38 bits per heavy atom. The molecule has 1 saturated heterocycles. The molecule has 1 aromatic heterocycles. The Labute approximate surface area is 127 Å². The third kappa shape index (κ3) is 4.32. The second-order valence-electron chi connectivity index (χ2n) is 6.28. The van der Waals surface area contributed by atoms with Crippen molar-refractivity contribution in [2.24, 2.45) is 11.8 Å². The number of furan rings is 1. The molecule has 1 fully saturated rings. The number of carbonyl (C=O) groups excluding carboxylic acids is 1. The summed E-state index contributed by atoms with van der Waals surface area (Å²) in [6.45, 7) is 8.03. The standard InChI is InChI=1S/C16H27N3O2/c1-12-5-6-15(21-12)11-19(8-7-18(3)4)16(20)13(2)14-9-17-10-14/h5-6,13-14,17H,7-11H2,1-4H3. The van der Waals surface area contributed by atoms with Gasteiger partial charge in [0.2, 0.25) is 5.91 Å². The molecule has 1 aliphatic heterocycles. The van der Waals surface area contributed by atoms with Crippen LogP contribution in [0.1, 0.15) is 18.4 Å². The van der Waals surface area contributed by atoms with Crippen molar-refractivity contribution in [3.63, 3.8) is 0 Å². The first-order valence-electron chi connectivity index (χ1n) is 7.67. The molecule has 0 bridgehead atoms. The summed E-state index contributed by atoms with van der Waals surface area (Å²) in [5.41, 5.74) is 0. The lowest BCUT2D eigenvalue weighted by molar-refractivity contribution is -0.138. The number of aryl methyl sites for hydroxylation is 1. The van der Waals surface area contributed by atoms with Crippen LogP contribution in [0.3, 0.4) is 0 Å². The molecule has 1 aliphatic rings. The van der Waals surface area contributed by atoms with Crippen LogP contribution in [-0.2, 0) is 11.3 Å². The van der Waals surface area contributed by atoms with Crippen molar-refractivity contribution in [1.29, 1.82) is 0 Å². The third-order valence-corrected chi connectivity index (χ3v) is 4.18. The lowest BCUT2D eigenvalue weighted by atomic mass is 9.88. The number of likely N-dealkylation sites (N-methyl/N-ethyl adjacent to an activating group) is 1. The van der Waals surface area contributed by atoms with Crippen LogP contribution in [0, 0.1) is 18.8 Å². The summed E-state index contributed by atoms with van der Waals surface area (Å²) in [6.07, 6.45) is 0. The molecular formula is C16H27N3O2. The second-order valence-corrected chi connectivity index (χ2v) is 6.28. The summed E-state index contributed by atoms with van der Waals surface area (Å²) in [4.78, 5) is 16.8. The highest BCUT2D eigenvalue weighted by Gasteiger charge is 2.31. The van der Waals surface area contributed by atoms with E-state index in [1.165, 1.54) is 0 Å². The van der Waals surface area contributed by atoms with Crippen LogP contribution in [0.4, 0.5) is 0 Å². The molecule has 2 heterocycles. The van der Waals surface area contributed by atoms with E-state index in [4.69, 9.17) is 4.42 Å². The van der Waals surface area contributed by atoms with Crippen LogP contribution >= 0.6 is 0 Å². The Morgan fingerprint density at radius 3 is 2.57 bits per heavy atom. The van der Waals surface area contributed by atoms with Crippen LogP contribution in [0.25, 0.3) is 0 Å². The first-order chi connectivity index (χ1) is 9.97. The van der Waals surface area contributed by atoms with E-state index in [0.717, 1.165) is 37.7 Å². The summed E-state index contributed by atoms with van der Waals surface area (Å²) < 4.78 is 5.63. The maximum Gasteiger partial charge on any atom is 0.226 e. The van der Waals surface area contributed by atoms with Crippen LogP contribution in [0.2, 0.25) is 0 Å². The fourth-order valence-corrected chi connectivity index (χ4v) is 2.50. The Kier molecular flexibility index (Phi) is 5.42. The van der Waals surface area contributed by atoms with E-state index in [1.807, 2.05) is 45.0 Å². The van der Waals surface area contributed by atoms with Crippen molar-refractivity contribution in [1.82, 2.24) is 15.1 Å². The molecule has 0 spiro atoms. The summed E-state index contributed by atoms with van der Waals surface area (Å²) in [5.74, 6) is 2.53. The fraction of sp³-hybridized carbons (Fsp3) is 0.688. The fourth-order valence-electron chi connectivity index (χ4n) is 2.50. The maximum absolute atomic E-state index is 12.7. The molecule has 0 aromatic carbocycles. The molecular weight excluding hydrogens is 266 g/mol. The molecule has 1 atom stereocenters. The highest BCUT2D eigenvalue weighted by atomic mass is 16.3. The highest BCUT2D eigenvalue weighted by molar-refractivity contribution is 5.79. The molecule has 0 aliphatic carbocycles. The predicted octanol–water partition coefficient (Wildman–Crippen LogP) is 1.33. The van der Waals surface area contributed by atoms with Gasteiger partial charge in [-0.1, -0.05) is 6.92 Å². The number of carbonyl (C=O) groups is 1. The van der Waals surface area contributed by atoms with E-state index in [-0.39, 0.29) is 11.8 Å². The molecule has 1 unspecified atom stereocenters. The average molecular weight is 293 g/mol. The Balaban J connectivity index is 2.01. The second kappa shape index (κ2) is 7.09. The van der Waals surface area contributed by atoms with Crippen LogP contribution in [0.15, 0.2) is 16.5 Å². The van der Waals surface area contributed by atoms with Gasteiger partial charge in [0.25, 0.3) is 0 Å². The van der Waals surface area contributed by atoms with Crippen molar-refractivity contribution < 1.29 is 9.21 Å². The van der Waals surface area contributed by atoms with Gasteiger partial charge in [-0.15, -0.1) is 0 Å². The van der Waals surface area contributed by atoms with Crippen LogP contribution < -0.4 is 5.32 Å². The summed E-state index contributed by atoms with van der Waals surface area (Å²) in [5, 5.41) is 3.24. The minimum Gasteiger partial charge on any atom is -0.464 e. The van der Waals surface area contributed by atoms with Crippen LogP contribution in [0.5, 0.6) is 0 Å². The molecule has 21 heavy (non-hydrogen) atoms. The summed E-state index contributed by atoms with van der Waals surface area (Å²) >= 11 is 0. The number of nitrogens with one attached hydrogen (secondary N) is 1. The summed E-state index contributed by atoms with van der Waals surface area (Å²) in [6, 6.07) is 3.91. The van der Waals surface area contributed by atoms with Gasteiger partial charge >= 0.3 is 0 Å². The van der Waals surface area contributed by atoms with Gasteiger partial charge in [0.1, 0.15) is 11.5 Å². The first kappa shape index (κ1) is 16.0. The maximum atomic E-state index is 12.7. The van der Waals surface area contributed by atoms with Gasteiger partial charge in [-0.2, -0.15) is 0 Å². The highest BCUT2D eigenvalue weighted by Crippen LogP contribution is 2.20. The lowest BCUT2D eigenvalue weighted by Crippen LogP contribution is -2.51. The number of hydrogen-bond acceptors (Lipinski definition) is 4. The topological polar surface area (TPSA) is 48.7 Å². The molecule has 118 valence electrons. The minimum absolute atomic E-state index is 0.0736. The van der Waals surface area contributed by atoms with Gasteiger partial charge in [-0.05, 0) is 52.2 Å². The van der Waals surface area contributed by atoms with Gasteiger partial charge in [-0.25, -0.2) is 0 Å². The number of rotatable bonds is 7. The monoisotopic (exact) mass is 293 g/mol. The smallest absolute Gasteiger partial charge is 0.226 e. The zero-order valence-electron chi connectivity index (χ0n) is 13.6. The van der Waals surface area contributed by atoms with E-state index < -0.39 is 0 Å². The van der Waals surface area contributed by atoms with Gasteiger partial charge < -0.3 is 19.5 Å². The Hall–Kier alpha value is -1.33. The Morgan fingerprint density at radius 2 is 2.10 bits per heavy atom. The quantitative estimate of drug-likeness (QED) is 0.824. The molecule has 2 rings (SSSR count). The number of amides is 1. The van der Waals surface area contributed by atoms with Crippen molar-refractivity contribution in [3.05, 3.63) is 23.7 Å². The normalized spacial score (nSPS) is 16.8. The SMILES string of the molecule is Cc1ccc(CN(CCN(C)C)C(=O)C(C)C2CNC2)o1.